The van der Waals surface area contributed by atoms with E-state index in [2.05, 4.69) is 9.98 Å². The second-order valence-electron chi connectivity index (χ2n) is 4.42. The number of nitrogens with zero attached hydrogens (tertiary/aromatic N) is 2. The van der Waals surface area contributed by atoms with Crippen molar-refractivity contribution in [2.45, 2.75) is 32.6 Å². The maximum Gasteiger partial charge on any atom is 0.266 e. The number of sulfonamides is 1. The average molecular weight is 261 g/mol. The first-order valence-corrected chi connectivity index (χ1v) is 6.87. The van der Waals surface area contributed by atoms with Gasteiger partial charge < -0.3 is 0 Å². The Morgan fingerprint density at radius 2 is 2.00 bits per heavy atom. The minimum atomic E-state index is -3.65. The van der Waals surface area contributed by atoms with Crippen LogP contribution in [0.3, 0.4) is 0 Å². The van der Waals surface area contributed by atoms with E-state index in [-0.39, 0.29) is 10.8 Å². The van der Waals surface area contributed by atoms with Crippen LogP contribution < -0.4 is 4.89 Å². The molecule has 6 nitrogen and oxygen atoms in total. The lowest BCUT2D eigenvalue weighted by molar-refractivity contribution is 0.0718. The number of aryl methyl sites for hydroxylation is 2. The lowest BCUT2D eigenvalue weighted by Crippen LogP contribution is -2.26. The molecule has 7 heteroatoms. The van der Waals surface area contributed by atoms with E-state index >= 15 is 0 Å². The molecule has 1 rings (SSSR count). The fraction of sp³-hybridized carbons (Fsp3) is 0.700. The molecule has 0 aromatic carbocycles. The molecule has 0 unspecified atom stereocenters. The molecule has 0 amide bonds. The summed E-state index contributed by atoms with van der Waals surface area (Å²) in [7, 11) is -1.95. The van der Waals surface area contributed by atoms with E-state index in [0.29, 0.717) is 18.0 Å². The molecule has 0 aliphatic rings. The third-order valence-corrected chi connectivity index (χ3v) is 3.76. The van der Waals surface area contributed by atoms with Crippen LogP contribution >= 0.6 is 0 Å². The molecule has 0 spiro atoms. The minimum Gasteiger partial charge on any atom is -0.287 e. The zero-order valence-electron chi connectivity index (χ0n) is 10.8. The molecule has 0 aliphatic heterocycles. The highest BCUT2D eigenvalue weighted by atomic mass is 32.2. The van der Waals surface area contributed by atoms with E-state index in [0.717, 1.165) is 0 Å². The van der Waals surface area contributed by atoms with E-state index in [9.17, 15) is 8.42 Å². The first-order chi connectivity index (χ1) is 7.75. The Morgan fingerprint density at radius 1 is 1.41 bits per heavy atom. The van der Waals surface area contributed by atoms with Crippen molar-refractivity contribution in [3.8, 4) is 0 Å². The van der Waals surface area contributed by atoms with Crippen molar-refractivity contribution in [3.63, 3.8) is 0 Å². The van der Waals surface area contributed by atoms with Gasteiger partial charge in [-0.05, 0) is 19.8 Å². The van der Waals surface area contributed by atoms with E-state index in [1.54, 1.807) is 20.9 Å². The van der Waals surface area contributed by atoms with Crippen molar-refractivity contribution in [1.29, 1.82) is 0 Å². The summed E-state index contributed by atoms with van der Waals surface area (Å²) < 4.78 is 25.5. The number of hydrogen-bond donors (Lipinski definition) is 1. The lowest BCUT2D eigenvalue weighted by Gasteiger charge is -2.09. The van der Waals surface area contributed by atoms with Crippen LogP contribution in [0, 0.1) is 19.8 Å². The molecule has 17 heavy (non-hydrogen) atoms. The smallest absolute Gasteiger partial charge is 0.266 e. The highest BCUT2D eigenvalue weighted by Gasteiger charge is 2.23. The zero-order chi connectivity index (χ0) is 13.2. The van der Waals surface area contributed by atoms with Crippen LogP contribution in [0.1, 0.15) is 25.2 Å². The zero-order valence-corrected chi connectivity index (χ0v) is 11.6. The van der Waals surface area contributed by atoms with Gasteiger partial charge in [-0.25, -0.2) is 8.42 Å². The van der Waals surface area contributed by atoms with Crippen LogP contribution in [0.4, 0.5) is 0 Å². The van der Waals surface area contributed by atoms with Crippen LogP contribution in [-0.2, 0) is 21.9 Å². The summed E-state index contributed by atoms with van der Waals surface area (Å²) >= 11 is 0. The van der Waals surface area contributed by atoms with Crippen LogP contribution in [0.15, 0.2) is 4.90 Å². The third kappa shape index (κ3) is 3.27. The fourth-order valence-electron chi connectivity index (χ4n) is 1.46. The Balaban J connectivity index is 2.90. The van der Waals surface area contributed by atoms with Crippen LogP contribution in [0.2, 0.25) is 0 Å². The topological polar surface area (TPSA) is 73.2 Å². The summed E-state index contributed by atoms with van der Waals surface area (Å²) in [5, 5.41) is 4.06. The molecule has 0 saturated carbocycles. The molecule has 98 valence electrons. The Labute approximate surface area is 102 Å². The molecule has 0 radical (unpaired) electrons. The normalized spacial score (nSPS) is 12.4. The van der Waals surface area contributed by atoms with Gasteiger partial charge in [-0.2, -0.15) is 5.10 Å². The highest BCUT2D eigenvalue weighted by molar-refractivity contribution is 7.89. The second kappa shape index (κ2) is 5.16. The lowest BCUT2D eigenvalue weighted by atomic mass is 10.2. The third-order valence-electron chi connectivity index (χ3n) is 2.30. The number of nitrogens with one attached hydrogen (secondary N) is 1. The van der Waals surface area contributed by atoms with Crippen molar-refractivity contribution >= 4 is 10.0 Å². The van der Waals surface area contributed by atoms with Gasteiger partial charge in [0.2, 0.25) is 0 Å². The molecule has 0 fully saturated rings. The molecule has 0 saturated heterocycles. The summed E-state index contributed by atoms with van der Waals surface area (Å²) in [5.41, 5.74) is 1.05. The Morgan fingerprint density at radius 3 is 2.41 bits per heavy atom. The van der Waals surface area contributed by atoms with Gasteiger partial charge in [0, 0.05) is 7.05 Å². The van der Waals surface area contributed by atoms with Gasteiger partial charge in [-0.3, -0.25) is 9.52 Å². The maximum atomic E-state index is 12.0. The first kappa shape index (κ1) is 14.1. The number of rotatable bonds is 5. The van der Waals surface area contributed by atoms with Crippen LogP contribution in [0.5, 0.6) is 0 Å². The largest absolute Gasteiger partial charge is 0.287 e. The molecular weight excluding hydrogens is 242 g/mol. The molecule has 0 bridgehead atoms. The van der Waals surface area contributed by atoms with Crippen molar-refractivity contribution in [3.05, 3.63) is 11.4 Å². The van der Waals surface area contributed by atoms with E-state index < -0.39 is 10.0 Å². The van der Waals surface area contributed by atoms with Crippen molar-refractivity contribution in [2.24, 2.45) is 13.0 Å². The van der Waals surface area contributed by atoms with Crippen molar-refractivity contribution < 1.29 is 13.3 Å². The predicted molar refractivity (Wildman–Crippen MR) is 63.8 cm³/mol. The molecular formula is C10H19N3O3S. The summed E-state index contributed by atoms with van der Waals surface area (Å²) in [4.78, 5) is 7.26. The average Bonchev–Trinajstić information content (AvgIpc) is 2.40. The van der Waals surface area contributed by atoms with Crippen molar-refractivity contribution in [2.75, 3.05) is 6.61 Å². The Kier molecular flexibility index (Phi) is 4.29. The van der Waals surface area contributed by atoms with E-state index in [4.69, 9.17) is 4.84 Å². The minimum absolute atomic E-state index is 0.184. The predicted octanol–water partition coefficient (Wildman–Crippen LogP) is 0.903. The molecule has 1 heterocycles. The molecule has 1 N–H and O–H groups in total. The van der Waals surface area contributed by atoms with Gasteiger partial charge >= 0.3 is 0 Å². The van der Waals surface area contributed by atoms with Gasteiger partial charge in [0.15, 0.2) is 0 Å². The summed E-state index contributed by atoms with van der Waals surface area (Å²) in [6, 6.07) is 0. The van der Waals surface area contributed by atoms with Gasteiger partial charge in [0.25, 0.3) is 10.0 Å². The Bertz CT molecular complexity index is 491. The van der Waals surface area contributed by atoms with Crippen LogP contribution in [0.25, 0.3) is 0 Å². The second-order valence-corrected chi connectivity index (χ2v) is 6.00. The summed E-state index contributed by atoms with van der Waals surface area (Å²) in [6.07, 6.45) is 0. The molecule has 1 aromatic rings. The van der Waals surface area contributed by atoms with Gasteiger partial charge in [0.1, 0.15) is 4.90 Å². The number of aromatic nitrogens is 2. The van der Waals surface area contributed by atoms with Gasteiger partial charge in [-0.1, -0.05) is 18.7 Å². The first-order valence-electron chi connectivity index (χ1n) is 5.39. The molecule has 0 aliphatic carbocycles. The van der Waals surface area contributed by atoms with E-state index in [1.165, 1.54) is 4.68 Å². The Hall–Kier alpha value is -0.920. The van der Waals surface area contributed by atoms with Gasteiger partial charge in [0.05, 0.1) is 18.0 Å². The summed E-state index contributed by atoms with van der Waals surface area (Å²) in [6.45, 7) is 7.57. The molecule has 0 atom stereocenters. The quantitative estimate of drug-likeness (QED) is 0.799. The maximum absolute atomic E-state index is 12.0. The van der Waals surface area contributed by atoms with Crippen molar-refractivity contribution in [1.82, 2.24) is 14.7 Å². The van der Waals surface area contributed by atoms with Gasteiger partial charge in [-0.15, -0.1) is 0 Å². The highest BCUT2D eigenvalue weighted by Crippen LogP contribution is 2.18. The van der Waals surface area contributed by atoms with Crippen LogP contribution in [-0.4, -0.2) is 24.8 Å². The fourth-order valence-corrected chi connectivity index (χ4v) is 2.72. The van der Waals surface area contributed by atoms with E-state index in [1.807, 2.05) is 13.8 Å². The SMILES string of the molecule is Cc1nn(C)c(C)c1S(=O)(=O)NOCC(C)C. The summed E-state index contributed by atoms with van der Waals surface area (Å²) in [5.74, 6) is 0.258. The molecule has 1 aromatic heterocycles. The monoisotopic (exact) mass is 261 g/mol. The standard InChI is InChI=1S/C10H19N3O3S/c1-7(2)6-16-12-17(14,15)10-8(3)11-13(5)9(10)4/h7,12H,6H2,1-5H3. The number of hydrogen-bond acceptors (Lipinski definition) is 4.